The Morgan fingerprint density at radius 3 is 2.22 bits per heavy atom. The zero-order valence-corrected chi connectivity index (χ0v) is 28.2. The molecule has 2 aromatic carbocycles. The number of carbonyl (C=O) groups is 2. The van der Waals surface area contributed by atoms with Crippen LogP contribution in [0.25, 0.3) is 17.1 Å². The number of hydrogen-bond donors (Lipinski definition) is 2. The molecular weight excluding hydrogens is 688 g/mol. The molecule has 1 atom stereocenters. The highest BCUT2D eigenvalue weighted by molar-refractivity contribution is 7.92. The van der Waals surface area contributed by atoms with Crippen molar-refractivity contribution in [3.63, 3.8) is 0 Å². The van der Waals surface area contributed by atoms with Gasteiger partial charge in [-0.25, -0.2) is 37.9 Å². The summed E-state index contributed by atoms with van der Waals surface area (Å²) in [4.78, 5) is 63.1. The smallest absolute Gasteiger partial charge is 0.335 e. The topological polar surface area (TPSA) is 184 Å². The Bertz CT molecular complexity index is 2270. The molecular formula is C34H31F2N7O7S. The summed E-state index contributed by atoms with van der Waals surface area (Å²) in [5, 5.41) is 1.85. The number of benzene rings is 2. The van der Waals surface area contributed by atoms with Crippen molar-refractivity contribution in [3.05, 3.63) is 129 Å². The van der Waals surface area contributed by atoms with E-state index in [0.717, 1.165) is 10.6 Å². The first-order valence-electron chi connectivity index (χ1n) is 15.3. The number of hydrogen-bond acceptors (Lipinski definition) is 10. The fourth-order valence-corrected chi connectivity index (χ4v) is 5.74. The van der Waals surface area contributed by atoms with E-state index in [9.17, 15) is 27.6 Å². The molecule has 0 saturated heterocycles. The monoisotopic (exact) mass is 719 g/mol. The molecule has 2 N–H and O–H groups in total. The average molecular weight is 720 g/mol. The van der Waals surface area contributed by atoms with Gasteiger partial charge in [0, 0.05) is 49.9 Å². The highest BCUT2D eigenvalue weighted by atomic mass is 32.2. The molecule has 0 bridgehead atoms. The standard InChI is InChI=1S/C34H31F2N7O7S/c1-20(2)19-50-33(46)27(15-21-5-8-24(9-6-21)43-29(44)11-14-42(3)34(43)47)40-32(45)30-25(35)16-23(17-26(30)36)41-51(48,49)28-10-7-22(18-39-28)31-37-12-4-13-38-31/h4-14,16-18,20,27,41H,15,19H2,1-3H3,(H,40,45)/t27-/m0/s1. The Kier molecular flexibility index (Phi) is 10.8. The van der Waals surface area contributed by atoms with Crippen LogP contribution < -0.4 is 21.3 Å². The van der Waals surface area contributed by atoms with Crippen molar-refractivity contribution in [3.8, 4) is 17.1 Å². The molecule has 17 heteroatoms. The minimum atomic E-state index is -4.42. The third kappa shape index (κ3) is 8.56. The van der Waals surface area contributed by atoms with Crippen molar-refractivity contribution in [2.75, 3.05) is 11.3 Å². The van der Waals surface area contributed by atoms with Crippen molar-refractivity contribution in [2.24, 2.45) is 13.0 Å². The van der Waals surface area contributed by atoms with Crippen molar-refractivity contribution in [1.29, 1.82) is 0 Å². The lowest BCUT2D eigenvalue weighted by molar-refractivity contribution is -0.147. The van der Waals surface area contributed by atoms with Crippen LogP contribution in [0.1, 0.15) is 29.8 Å². The SMILES string of the molecule is CC(C)COC(=O)[C@H](Cc1ccc(-n2c(=O)ccn(C)c2=O)cc1)NC(=O)c1c(F)cc(NS(=O)(=O)c2ccc(-c3ncccn3)cn2)cc1F. The van der Waals surface area contributed by atoms with Crippen molar-refractivity contribution < 1.29 is 31.5 Å². The van der Waals surface area contributed by atoms with Gasteiger partial charge in [0.2, 0.25) is 0 Å². The van der Waals surface area contributed by atoms with Crippen LogP contribution in [0, 0.1) is 17.6 Å². The van der Waals surface area contributed by atoms with E-state index in [1.165, 1.54) is 72.8 Å². The van der Waals surface area contributed by atoms with E-state index in [2.05, 4.69) is 20.3 Å². The first-order chi connectivity index (χ1) is 24.2. The van der Waals surface area contributed by atoms with Crippen LogP contribution >= 0.6 is 0 Å². The number of sulfonamides is 1. The molecule has 0 saturated carbocycles. The fraction of sp³-hybridized carbons (Fsp3) is 0.206. The number of aromatic nitrogens is 5. The number of amides is 1. The highest BCUT2D eigenvalue weighted by Crippen LogP contribution is 2.23. The Morgan fingerprint density at radius 2 is 1.61 bits per heavy atom. The van der Waals surface area contributed by atoms with E-state index < -0.39 is 67.1 Å². The minimum Gasteiger partial charge on any atom is -0.464 e. The third-order valence-corrected chi connectivity index (χ3v) is 8.59. The van der Waals surface area contributed by atoms with E-state index in [4.69, 9.17) is 4.74 Å². The van der Waals surface area contributed by atoms with Gasteiger partial charge >= 0.3 is 11.7 Å². The van der Waals surface area contributed by atoms with E-state index in [1.54, 1.807) is 19.9 Å². The second-order valence-corrected chi connectivity index (χ2v) is 13.3. The zero-order valence-electron chi connectivity index (χ0n) is 27.4. The molecule has 264 valence electrons. The number of carbonyl (C=O) groups excluding carboxylic acids is 2. The van der Waals surface area contributed by atoms with Gasteiger partial charge in [-0.15, -0.1) is 0 Å². The lowest BCUT2D eigenvalue weighted by Gasteiger charge is -2.19. The van der Waals surface area contributed by atoms with Crippen molar-refractivity contribution in [2.45, 2.75) is 31.3 Å². The molecule has 3 heterocycles. The molecule has 0 unspecified atom stereocenters. The number of halogens is 2. The van der Waals surface area contributed by atoms with Gasteiger partial charge in [0.15, 0.2) is 10.9 Å². The van der Waals surface area contributed by atoms with E-state index >= 15 is 8.78 Å². The quantitative estimate of drug-likeness (QED) is 0.182. The number of esters is 1. The molecule has 0 radical (unpaired) electrons. The number of pyridine rings is 1. The second-order valence-electron chi connectivity index (χ2n) is 11.7. The van der Waals surface area contributed by atoms with Crippen LogP contribution in [0.4, 0.5) is 14.5 Å². The van der Waals surface area contributed by atoms with Gasteiger partial charge in [-0.05, 0) is 53.9 Å². The number of aryl methyl sites for hydroxylation is 1. The molecule has 14 nitrogen and oxygen atoms in total. The maximum atomic E-state index is 15.3. The van der Waals surface area contributed by atoms with Crippen LogP contribution in [0.3, 0.4) is 0 Å². The van der Waals surface area contributed by atoms with Crippen LogP contribution in [-0.2, 0) is 33.0 Å². The summed E-state index contributed by atoms with van der Waals surface area (Å²) in [6.07, 6.45) is 5.38. The molecule has 0 aliphatic rings. The average Bonchev–Trinajstić information content (AvgIpc) is 3.09. The largest absolute Gasteiger partial charge is 0.464 e. The summed E-state index contributed by atoms with van der Waals surface area (Å²) in [5.41, 5.74) is -1.59. The Labute approximate surface area is 289 Å². The number of ether oxygens (including phenoxy) is 1. The Balaban J connectivity index is 1.34. The summed E-state index contributed by atoms with van der Waals surface area (Å²) in [5.74, 6) is -4.76. The molecule has 1 amide bonds. The number of nitrogens with one attached hydrogen (secondary N) is 2. The normalized spacial score (nSPS) is 12.0. The van der Waals surface area contributed by atoms with Gasteiger partial charge in [-0.1, -0.05) is 26.0 Å². The number of nitrogens with zero attached hydrogens (tertiary/aromatic N) is 5. The number of anilines is 1. The van der Waals surface area contributed by atoms with Gasteiger partial charge in [0.25, 0.3) is 21.5 Å². The minimum absolute atomic E-state index is 0.000457. The maximum Gasteiger partial charge on any atom is 0.335 e. The molecule has 51 heavy (non-hydrogen) atoms. The molecule has 0 aliphatic carbocycles. The Morgan fingerprint density at radius 1 is 0.941 bits per heavy atom. The predicted molar refractivity (Wildman–Crippen MR) is 180 cm³/mol. The maximum absolute atomic E-state index is 15.3. The van der Waals surface area contributed by atoms with Gasteiger partial charge in [-0.3, -0.25) is 14.3 Å². The van der Waals surface area contributed by atoms with Gasteiger partial charge in [0.1, 0.15) is 23.2 Å². The van der Waals surface area contributed by atoms with Crippen LogP contribution in [0.5, 0.6) is 0 Å². The molecule has 5 aromatic rings. The third-order valence-electron chi connectivity index (χ3n) is 7.29. The predicted octanol–water partition coefficient (Wildman–Crippen LogP) is 3.01. The van der Waals surface area contributed by atoms with Crippen LogP contribution in [-0.4, -0.2) is 57.0 Å². The van der Waals surface area contributed by atoms with Crippen LogP contribution in [0.15, 0.2) is 100 Å². The van der Waals surface area contributed by atoms with E-state index in [0.29, 0.717) is 29.1 Å². The first kappa shape index (κ1) is 36.2. The van der Waals surface area contributed by atoms with Crippen molar-refractivity contribution in [1.82, 2.24) is 29.4 Å². The molecule has 0 spiro atoms. The van der Waals surface area contributed by atoms with Gasteiger partial charge < -0.3 is 14.6 Å². The molecule has 3 aromatic heterocycles. The molecule has 0 aliphatic heterocycles. The van der Waals surface area contributed by atoms with Gasteiger partial charge in [0.05, 0.1) is 18.0 Å². The summed E-state index contributed by atoms with van der Waals surface area (Å²) >= 11 is 0. The lowest BCUT2D eigenvalue weighted by Crippen LogP contribution is -2.44. The lowest BCUT2D eigenvalue weighted by atomic mass is 10.0. The van der Waals surface area contributed by atoms with E-state index in [-0.39, 0.29) is 24.6 Å². The first-order valence-corrected chi connectivity index (χ1v) is 16.8. The summed E-state index contributed by atoms with van der Waals surface area (Å²) in [6, 6.07) is 11.2. The molecule has 0 fully saturated rings. The zero-order chi connectivity index (χ0) is 36.9. The number of rotatable bonds is 12. The highest BCUT2D eigenvalue weighted by Gasteiger charge is 2.28. The molecule has 5 rings (SSSR count). The second kappa shape index (κ2) is 15.2. The van der Waals surface area contributed by atoms with Gasteiger partial charge in [-0.2, -0.15) is 8.42 Å². The van der Waals surface area contributed by atoms with Crippen molar-refractivity contribution >= 4 is 27.6 Å². The van der Waals surface area contributed by atoms with Crippen LogP contribution in [0.2, 0.25) is 0 Å². The Hall–Kier alpha value is -6.10. The summed E-state index contributed by atoms with van der Waals surface area (Å²) < 4.78 is 65.9. The fourth-order valence-electron chi connectivity index (χ4n) is 4.77. The van der Waals surface area contributed by atoms with E-state index in [1.807, 2.05) is 4.72 Å². The summed E-state index contributed by atoms with van der Waals surface area (Å²) in [7, 11) is -2.93. The summed E-state index contributed by atoms with van der Waals surface area (Å²) in [6.45, 7) is 3.58.